The summed E-state index contributed by atoms with van der Waals surface area (Å²) in [5, 5.41) is 7.19. The van der Waals surface area contributed by atoms with Crippen molar-refractivity contribution in [2.45, 2.75) is 18.9 Å². The fraction of sp³-hybridized carbons (Fsp3) is 0.300. The van der Waals surface area contributed by atoms with Gasteiger partial charge in [-0.25, -0.2) is 4.39 Å². The fourth-order valence-corrected chi connectivity index (χ4v) is 3.33. The molecule has 10 heteroatoms. The summed E-state index contributed by atoms with van der Waals surface area (Å²) in [6.45, 7) is 1.88. The third-order valence-corrected chi connectivity index (χ3v) is 4.71. The molecule has 2 aromatic heterocycles. The molecule has 3 aromatic rings. The van der Waals surface area contributed by atoms with E-state index in [1.165, 1.54) is 12.1 Å². The van der Waals surface area contributed by atoms with Crippen LogP contribution in [-0.4, -0.2) is 45.6 Å². The van der Waals surface area contributed by atoms with Crippen molar-refractivity contribution in [2.24, 2.45) is 0 Å². The number of pyridine rings is 1. The Labute approximate surface area is 185 Å². The fourth-order valence-electron chi connectivity index (χ4n) is 3.33. The Kier molecular flexibility index (Phi) is 8.71. The first kappa shape index (κ1) is 23.7. The molecule has 1 aromatic carbocycles. The van der Waals surface area contributed by atoms with Crippen molar-refractivity contribution >= 4 is 30.7 Å². The second-order valence-corrected chi connectivity index (χ2v) is 6.59. The van der Waals surface area contributed by atoms with E-state index >= 15 is 0 Å². The number of hydrogen-bond acceptors (Lipinski definition) is 6. The standard InChI is InChI=1S/C20H20FN5O2.2ClH/c21-15-5-3-4-14(12-15)17-13-22-10-11-26(17)19(27)8-7-18-24-20(25-28-18)16-6-1-2-9-23-16;;/h1-6,9,12,17,22H,7-8,10-11,13H2;2*1H. The highest BCUT2D eigenvalue weighted by Gasteiger charge is 2.28. The van der Waals surface area contributed by atoms with Crippen molar-refractivity contribution in [1.29, 1.82) is 0 Å². The first-order chi connectivity index (χ1) is 13.7. The van der Waals surface area contributed by atoms with Gasteiger partial charge in [-0.05, 0) is 29.8 Å². The predicted molar refractivity (Wildman–Crippen MR) is 114 cm³/mol. The predicted octanol–water partition coefficient (Wildman–Crippen LogP) is 3.22. The van der Waals surface area contributed by atoms with E-state index in [4.69, 9.17) is 4.52 Å². The lowest BCUT2D eigenvalue weighted by Crippen LogP contribution is -2.48. The Hall–Kier alpha value is -2.55. The first-order valence-corrected chi connectivity index (χ1v) is 9.20. The van der Waals surface area contributed by atoms with E-state index in [1.807, 2.05) is 18.2 Å². The van der Waals surface area contributed by atoms with Gasteiger partial charge in [0.15, 0.2) is 0 Å². The minimum atomic E-state index is -0.302. The maximum Gasteiger partial charge on any atom is 0.227 e. The monoisotopic (exact) mass is 453 g/mol. The largest absolute Gasteiger partial charge is 0.339 e. The Morgan fingerprint density at radius 1 is 1.23 bits per heavy atom. The van der Waals surface area contributed by atoms with Crippen molar-refractivity contribution in [2.75, 3.05) is 19.6 Å². The van der Waals surface area contributed by atoms with Crippen molar-refractivity contribution < 1.29 is 13.7 Å². The molecule has 0 radical (unpaired) electrons. The van der Waals surface area contributed by atoms with Crippen LogP contribution < -0.4 is 5.32 Å². The van der Waals surface area contributed by atoms with Crippen LogP contribution in [-0.2, 0) is 11.2 Å². The molecule has 1 atom stereocenters. The minimum Gasteiger partial charge on any atom is -0.339 e. The van der Waals surface area contributed by atoms with E-state index in [0.717, 1.165) is 5.56 Å². The van der Waals surface area contributed by atoms with Crippen LogP contribution in [0.5, 0.6) is 0 Å². The van der Waals surface area contributed by atoms with Gasteiger partial charge in [0, 0.05) is 38.7 Å². The minimum absolute atomic E-state index is 0. The van der Waals surface area contributed by atoms with Crippen LogP contribution in [0.25, 0.3) is 11.5 Å². The summed E-state index contributed by atoms with van der Waals surface area (Å²) >= 11 is 0. The number of hydrogen-bond donors (Lipinski definition) is 1. The van der Waals surface area contributed by atoms with Crippen LogP contribution in [0.15, 0.2) is 53.2 Å². The molecule has 1 aliphatic heterocycles. The number of piperazine rings is 1. The second-order valence-electron chi connectivity index (χ2n) is 6.59. The average Bonchev–Trinajstić information content (AvgIpc) is 3.22. The van der Waals surface area contributed by atoms with Crippen LogP contribution >= 0.6 is 24.8 Å². The van der Waals surface area contributed by atoms with Crippen molar-refractivity contribution in [3.8, 4) is 11.5 Å². The molecule has 160 valence electrons. The molecule has 1 unspecified atom stereocenters. The van der Waals surface area contributed by atoms with Crippen LogP contribution in [0.2, 0.25) is 0 Å². The number of carbonyl (C=O) groups is 1. The van der Waals surface area contributed by atoms with E-state index in [0.29, 0.717) is 43.5 Å². The third-order valence-electron chi connectivity index (χ3n) is 4.71. The summed E-state index contributed by atoms with van der Waals surface area (Å²) in [6.07, 6.45) is 2.25. The molecule has 0 saturated carbocycles. The summed E-state index contributed by atoms with van der Waals surface area (Å²) < 4.78 is 18.9. The lowest BCUT2D eigenvalue weighted by molar-refractivity contribution is -0.134. The van der Waals surface area contributed by atoms with Gasteiger partial charge in [0.1, 0.15) is 11.5 Å². The number of aryl methyl sites for hydroxylation is 1. The van der Waals surface area contributed by atoms with Gasteiger partial charge in [-0.2, -0.15) is 4.98 Å². The maximum absolute atomic E-state index is 13.6. The summed E-state index contributed by atoms with van der Waals surface area (Å²) in [4.78, 5) is 23.1. The second kappa shape index (κ2) is 11.0. The molecule has 0 spiro atoms. The lowest BCUT2D eigenvalue weighted by Gasteiger charge is -2.36. The smallest absolute Gasteiger partial charge is 0.227 e. The van der Waals surface area contributed by atoms with Crippen molar-refractivity contribution in [1.82, 2.24) is 25.3 Å². The quantitative estimate of drug-likeness (QED) is 0.638. The van der Waals surface area contributed by atoms with E-state index < -0.39 is 0 Å². The van der Waals surface area contributed by atoms with E-state index in [1.54, 1.807) is 23.2 Å². The highest BCUT2D eigenvalue weighted by molar-refractivity contribution is 5.85. The number of benzene rings is 1. The SMILES string of the molecule is Cl.Cl.O=C(CCc1nc(-c2ccccn2)no1)N1CCNCC1c1cccc(F)c1. The molecule has 0 bridgehead atoms. The van der Waals surface area contributed by atoms with Crippen molar-refractivity contribution in [3.05, 3.63) is 65.9 Å². The topological polar surface area (TPSA) is 84.1 Å². The first-order valence-electron chi connectivity index (χ1n) is 9.20. The summed E-state index contributed by atoms with van der Waals surface area (Å²) in [7, 11) is 0. The van der Waals surface area contributed by atoms with Crippen LogP contribution in [0, 0.1) is 5.82 Å². The Morgan fingerprint density at radius 3 is 2.87 bits per heavy atom. The molecule has 4 rings (SSSR count). The van der Waals surface area contributed by atoms with Gasteiger partial charge in [-0.3, -0.25) is 9.78 Å². The van der Waals surface area contributed by atoms with E-state index in [2.05, 4.69) is 20.4 Å². The average molecular weight is 454 g/mol. The molecule has 0 aliphatic carbocycles. The van der Waals surface area contributed by atoms with Crippen molar-refractivity contribution in [3.63, 3.8) is 0 Å². The van der Waals surface area contributed by atoms with Crippen LogP contribution in [0.3, 0.4) is 0 Å². The summed E-state index contributed by atoms with van der Waals surface area (Å²) in [5.41, 5.74) is 1.41. The molecule has 1 saturated heterocycles. The number of halogens is 3. The zero-order valence-electron chi connectivity index (χ0n) is 16.0. The van der Waals surface area contributed by atoms with Crippen LogP contribution in [0.4, 0.5) is 4.39 Å². The molecular formula is C20H22Cl2FN5O2. The highest BCUT2D eigenvalue weighted by atomic mass is 35.5. The van der Waals surface area contributed by atoms with E-state index in [9.17, 15) is 9.18 Å². The lowest BCUT2D eigenvalue weighted by atomic mass is 10.0. The zero-order valence-corrected chi connectivity index (χ0v) is 17.7. The molecule has 1 amide bonds. The molecule has 1 aliphatic rings. The zero-order chi connectivity index (χ0) is 19.3. The van der Waals surface area contributed by atoms with Gasteiger partial charge < -0.3 is 14.7 Å². The van der Waals surface area contributed by atoms with E-state index in [-0.39, 0.29) is 49.0 Å². The van der Waals surface area contributed by atoms with Gasteiger partial charge in [0.2, 0.25) is 17.6 Å². The number of nitrogens with zero attached hydrogens (tertiary/aromatic N) is 4. The number of rotatable bonds is 5. The van der Waals surface area contributed by atoms with Gasteiger partial charge in [0.25, 0.3) is 0 Å². The molecule has 3 heterocycles. The highest BCUT2D eigenvalue weighted by Crippen LogP contribution is 2.24. The van der Waals surface area contributed by atoms with Crippen LogP contribution in [0.1, 0.15) is 23.9 Å². The molecular weight excluding hydrogens is 432 g/mol. The Morgan fingerprint density at radius 2 is 2.10 bits per heavy atom. The number of aromatic nitrogens is 3. The van der Waals surface area contributed by atoms with Gasteiger partial charge >= 0.3 is 0 Å². The Bertz CT molecular complexity index is 957. The maximum atomic E-state index is 13.6. The molecule has 30 heavy (non-hydrogen) atoms. The Balaban J connectivity index is 0.00000160. The molecule has 1 fully saturated rings. The number of carbonyl (C=O) groups excluding carboxylic acids is 1. The summed E-state index contributed by atoms with van der Waals surface area (Å²) in [5.74, 6) is 0.478. The number of amides is 1. The van der Waals surface area contributed by atoms with Gasteiger partial charge in [-0.1, -0.05) is 23.4 Å². The third kappa shape index (κ3) is 5.53. The normalized spacial score (nSPS) is 15.8. The van der Waals surface area contributed by atoms with Gasteiger partial charge in [0.05, 0.1) is 6.04 Å². The number of nitrogens with one attached hydrogen (secondary N) is 1. The summed E-state index contributed by atoms with van der Waals surface area (Å²) in [6, 6.07) is 11.7. The molecule has 7 nitrogen and oxygen atoms in total. The molecule has 1 N–H and O–H groups in total. The van der Waals surface area contributed by atoms with Gasteiger partial charge in [-0.15, -0.1) is 24.8 Å².